The average Bonchev–Trinajstić information content (AvgIpc) is 3.20. The molecule has 3 aromatic rings. The van der Waals surface area contributed by atoms with E-state index in [2.05, 4.69) is 15.4 Å². The van der Waals surface area contributed by atoms with E-state index >= 15 is 0 Å². The summed E-state index contributed by atoms with van der Waals surface area (Å²) in [6, 6.07) is 15.5. The molecular formula is C21H22N6O. The molecule has 0 saturated carbocycles. The Hall–Kier alpha value is -3.45. The lowest BCUT2D eigenvalue weighted by Gasteiger charge is -2.14. The van der Waals surface area contributed by atoms with Gasteiger partial charge in [-0.2, -0.15) is 5.10 Å². The molecule has 0 bridgehead atoms. The summed E-state index contributed by atoms with van der Waals surface area (Å²) in [4.78, 5) is 18.8. The highest BCUT2D eigenvalue weighted by Gasteiger charge is 2.29. The number of nitrogens with two attached hydrogens (primary N) is 1. The van der Waals surface area contributed by atoms with Crippen LogP contribution in [-0.4, -0.2) is 40.1 Å². The fourth-order valence-corrected chi connectivity index (χ4v) is 3.26. The Balaban J connectivity index is 1.63. The van der Waals surface area contributed by atoms with Crippen molar-refractivity contribution in [2.75, 3.05) is 13.6 Å². The van der Waals surface area contributed by atoms with Gasteiger partial charge in [-0.05, 0) is 29.3 Å². The molecule has 7 heteroatoms. The molecule has 1 fully saturated rings. The van der Waals surface area contributed by atoms with E-state index in [-0.39, 0.29) is 11.9 Å². The highest BCUT2D eigenvalue weighted by atomic mass is 16.2. The number of rotatable bonds is 4. The van der Waals surface area contributed by atoms with E-state index in [1.165, 1.54) is 4.90 Å². The molecule has 28 heavy (non-hydrogen) atoms. The van der Waals surface area contributed by atoms with Gasteiger partial charge in [0.25, 0.3) is 5.91 Å². The number of aliphatic imine (C=N–C) groups is 1. The molecule has 0 radical (unpaired) electrons. The molecular weight excluding hydrogens is 352 g/mol. The molecule has 3 N–H and O–H groups in total. The fourth-order valence-electron chi connectivity index (χ4n) is 3.26. The quantitative estimate of drug-likeness (QED) is 0.684. The van der Waals surface area contributed by atoms with Gasteiger partial charge in [-0.25, -0.2) is 4.99 Å². The third-order valence-corrected chi connectivity index (χ3v) is 4.74. The van der Waals surface area contributed by atoms with Gasteiger partial charge in [0.15, 0.2) is 0 Å². The predicted molar refractivity (Wildman–Crippen MR) is 110 cm³/mol. The third kappa shape index (κ3) is 3.39. The molecule has 142 valence electrons. The molecule has 4 rings (SSSR count). The summed E-state index contributed by atoms with van der Waals surface area (Å²) < 4.78 is 1.77. The minimum absolute atomic E-state index is 0.131. The van der Waals surface area contributed by atoms with Crippen molar-refractivity contribution in [2.45, 2.75) is 6.04 Å². The Kier molecular flexibility index (Phi) is 4.67. The lowest BCUT2D eigenvalue weighted by Crippen LogP contribution is -2.29. The van der Waals surface area contributed by atoms with Crippen LogP contribution in [0.1, 0.15) is 17.2 Å². The Morgan fingerprint density at radius 1 is 1.21 bits per heavy atom. The predicted octanol–water partition coefficient (Wildman–Crippen LogP) is 2.03. The van der Waals surface area contributed by atoms with Crippen LogP contribution in [0.4, 0.5) is 0 Å². The lowest BCUT2D eigenvalue weighted by molar-refractivity contribution is -0.121. The van der Waals surface area contributed by atoms with Gasteiger partial charge in [-0.3, -0.25) is 14.4 Å². The summed E-state index contributed by atoms with van der Waals surface area (Å²) in [5.41, 5.74) is 9.25. The van der Waals surface area contributed by atoms with E-state index in [9.17, 15) is 4.79 Å². The molecule has 7 nitrogen and oxygen atoms in total. The topological polar surface area (TPSA) is 88.5 Å². The van der Waals surface area contributed by atoms with Crippen molar-refractivity contribution in [3.8, 4) is 0 Å². The van der Waals surface area contributed by atoms with E-state index < -0.39 is 0 Å². The third-order valence-electron chi connectivity index (χ3n) is 4.74. The SMILES string of the molecule is CN1C(=O)/C(=C/c2ccc3nn(C)cc3c2)NC1=NC(CN)c1ccccc1. The number of carbonyl (C=O) groups is 1. The number of nitrogens with zero attached hydrogens (tertiary/aromatic N) is 4. The summed E-state index contributed by atoms with van der Waals surface area (Å²) in [6.45, 7) is 0.355. The van der Waals surface area contributed by atoms with Crippen molar-refractivity contribution >= 4 is 28.8 Å². The van der Waals surface area contributed by atoms with Gasteiger partial charge in [0.1, 0.15) is 5.70 Å². The van der Waals surface area contributed by atoms with Crippen molar-refractivity contribution < 1.29 is 4.79 Å². The van der Waals surface area contributed by atoms with Crippen LogP contribution in [0.25, 0.3) is 17.0 Å². The monoisotopic (exact) mass is 374 g/mol. The molecule has 0 spiro atoms. The summed E-state index contributed by atoms with van der Waals surface area (Å²) in [6.07, 6.45) is 3.78. The van der Waals surface area contributed by atoms with E-state index in [4.69, 9.17) is 5.73 Å². The number of hydrogen-bond acceptors (Lipinski definition) is 4. The van der Waals surface area contributed by atoms with Crippen LogP contribution in [0.2, 0.25) is 0 Å². The van der Waals surface area contributed by atoms with E-state index in [0.717, 1.165) is 22.0 Å². The van der Waals surface area contributed by atoms with Crippen LogP contribution in [0.15, 0.2) is 65.4 Å². The first-order chi connectivity index (χ1) is 13.5. The van der Waals surface area contributed by atoms with Gasteiger partial charge in [-0.1, -0.05) is 36.4 Å². The van der Waals surface area contributed by atoms with Crippen LogP contribution < -0.4 is 11.1 Å². The van der Waals surface area contributed by atoms with Gasteiger partial charge >= 0.3 is 0 Å². The first kappa shape index (κ1) is 17.9. The van der Waals surface area contributed by atoms with Crippen molar-refractivity contribution in [1.29, 1.82) is 0 Å². The van der Waals surface area contributed by atoms with E-state index in [1.807, 2.05) is 67.9 Å². The van der Waals surface area contributed by atoms with Gasteiger partial charge in [0.2, 0.25) is 5.96 Å². The standard InChI is InChI=1S/C21H22N6O/c1-26-13-16-10-14(8-9-17(16)25-26)11-18-20(28)27(2)21(23-18)24-19(12-22)15-6-4-3-5-7-15/h3-11,13,19H,12,22H2,1-2H3,(H,23,24)/b18-11-. The number of hydrogen-bond donors (Lipinski definition) is 2. The Labute approximate surface area is 163 Å². The molecule has 1 saturated heterocycles. The number of guanidine groups is 1. The van der Waals surface area contributed by atoms with Crippen LogP contribution in [0.5, 0.6) is 0 Å². The Morgan fingerprint density at radius 3 is 2.75 bits per heavy atom. The zero-order valence-corrected chi connectivity index (χ0v) is 15.8. The number of nitrogens with one attached hydrogen (secondary N) is 1. The number of aromatic nitrogens is 2. The van der Waals surface area contributed by atoms with E-state index in [1.54, 1.807) is 11.7 Å². The molecule has 1 unspecified atom stereocenters. The summed E-state index contributed by atoms with van der Waals surface area (Å²) in [7, 11) is 3.59. The number of likely N-dealkylation sites (N-methyl/N-ethyl adjacent to an activating group) is 1. The van der Waals surface area contributed by atoms with Crippen LogP contribution >= 0.6 is 0 Å². The zero-order chi connectivity index (χ0) is 19.7. The number of benzene rings is 2. The molecule has 1 aliphatic heterocycles. The molecule has 1 aromatic heterocycles. The van der Waals surface area contributed by atoms with Crippen LogP contribution in [0.3, 0.4) is 0 Å². The molecule has 1 amide bonds. The van der Waals surface area contributed by atoms with Gasteiger partial charge < -0.3 is 11.1 Å². The number of aryl methyl sites for hydroxylation is 1. The highest BCUT2D eigenvalue weighted by Crippen LogP contribution is 2.20. The highest BCUT2D eigenvalue weighted by molar-refractivity contribution is 6.15. The smallest absolute Gasteiger partial charge is 0.276 e. The van der Waals surface area contributed by atoms with Crippen LogP contribution in [-0.2, 0) is 11.8 Å². The van der Waals surface area contributed by atoms with Crippen LogP contribution in [0, 0.1) is 0 Å². The van der Waals surface area contributed by atoms with Crippen molar-refractivity contribution in [2.24, 2.45) is 17.8 Å². The maximum absolute atomic E-state index is 12.7. The molecule has 2 aromatic carbocycles. The van der Waals surface area contributed by atoms with Gasteiger partial charge in [-0.15, -0.1) is 0 Å². The minimum atomic E-state index is -0.218. The summed E-state index contributed by atoms with van der Waals surface area (Å²) in [5, 5.41) is 8.53. The Morgan fingerprint density at radius 2 is 2.00 bits per heavy atom. The zero-order valence-electron chi connectivity index (χ0n) is 15.8. The molecule has 0 aliphatic carbocycles. The second-order valence-electron chi connectivity index (χ2n) is 6.78. The summed E-state index contributed by atoms with van der Waals surface area (Å²) >= 11 is 0. The maximum Gasteiger partial charge on any atom is 0.276 e. The summed E-state index contributed by atoms with van der Waals surface area (Å²) in [5.74, 6) is 0.367. The molecule has 2 heterocycles. The van der Waals surface area contributed by atoms with Gasteiger partial charge in [0, 0.05) is 32.2 Å². The molecule has 1 aliphatic rings. The number of carbonyl (C=O) groups excluding carboxylic acids is 1. The first-order valence-electron chi connectivity index (χ1n) is 9.08. The number of fused-ring (bicyclic) bond motifs is 1. The van der Waals surface area contributed by atoms with Gasteiger partial charge in [0.05, 0.1) is 11.6 Å². The minimum Gasteiger partial charge on any atom is -0.328 e. The molecule has 1 atom stereocenters. The normalized spacial score (nSPS) is 18.2. The fraction of sp³-hybridized carbons (Fsp3) is 0.190. The largest absolute Gasteiger partial charge is 0.328 e. The van der Waals surface area contributed by atoms with Crippen molar-refractivity contribution in [1.82, 2.24) is 20.0 Å². The second kappa shape index (κ2) is 7.28. The van der Waals surface area contributed by atoms with Crippen molar-refractivity contribution in [3.63, 3.8) is 0 Å². The first-order valence-corrected chi connectivity index (χ1v) is 9.08. The van der Waals surface area contributed by atoms with Crippen molar-refractivity contribution in [3.05, 3.63) is 71.6 Å². The lowest BCUT2D eigenvalue weighted by atomic mass is 10.1. The second-order valence-corrected chi connectivity index (χ2v) is 6.78. The Bertz CT molecular complexity index is 1080. The number of amides is 1. The van der Waals surface area contributed by atoms with E-state index in [0.29, 0.717) is 18.2 Å². The average molecular weight is 374 g/mol. The maximum atomic E-state index is 12.7.